The number of rotatable bonds is 9. The first kappa shape index (κ1) is 30.6. The number of hydrogen-bond donors (Lipinski definition) is 2. The predicted octanol–water partition coefficient (Wildman–Crippen LogP) is 4.62. The molecule has 11 heteroatoms. The largest absolute Gasteiger partial charge is 0.507 e. The average Bonchev–Trinajstić information content (AvgIpc) is 3.37. The number of piperazine rings is 2. The summed E-state index contributed by atoms with van der Waals surface area (Å²) in [5, 5.41) is 18.9. The summed E-state index contributed by atoms with van der Waals surface area (Å²) in [6, 6.07) is 27.8. The number of phenolic OH excluding ortho intramolecular Hbond substituents is 1. The van der Waals surface area contributed by atoms with Gasteiger partial charge in [0.2, 0.25) is 0 Å². The molecule has 3 aromatic carbocycles. The summed E-state index contributed by atoms with van der Waals surface area (Å²) in [6.45, 7) is 6.12. The Balaban J connectivity index is 0.937. The smallest absolute Gasteiger partial charge is 0.410 e. The summed E-state index contributed by atoms with van der Waals surface area (Å²) in [5.41, 5.74) is 10.6. The van der Waals surface area contributed by atoms with Crippen LogP contribution in [0.4, 0.5) is 22.0 Å². The number of ether oxygens (including phenoxy) is 2. The van der Waals surface area contributed by atoms with Gasteiger partial charge in [-0.05, 0) is 48.7 Å². The normalized spacial score (nSPS) is 19.5. The second-order valence-electron chi connectivity index (χ2n) is 12.4. The third kappa shape index (κ3) is 6.76. The number of amides is 1. The second-order valence-corrected chi connectivity index (χ2v) is 12.4. The summed E-state index contributed by atoms with van der Waals surface area (Å²) in [6.07, 6.45) is 1.91. The maximum absolute atomic E-state index is 12.6. The number of hydrogen-bond acceptors (Lipinski definition) is 10. The third-order valence-electron chi connectivity index (χ3n) is 9.45. The quantitative estimate of drug-likeness (QED) is 0.270. The Morgan fingerprint density at radius 2 is 1.55 bits per heavy atom. The summed E-state index contributed by atoms with van der Waals surface area (Å²) in [5.74, 6) is 1.46. The minimum atomic E-state index is -0.257. The molecule has 0 saturated carbocycles. The van der Waals surface area contributed by atoms with E-state index >= 15 is 0 Å². The highest BCUT2D eigenvalue weighted by molar-refractivity contribution is 5.75. The molecule has 0 spiro atoms. The lowest BCUT2D eigenvalue weighted by Gasteiger charge is -2.44. The number of nitrogen functional groups attached to an aromatic ring is 1. The lowest BCUT2D eigenvalue weighted by molar-refractivity contribution is 0.0684. The molecule has 1 amide bonds. The molecule has 244 valence electrons. The highest BCUT2D eigenvalue weighted by Crippen LogP contribution is 2.42. The summed E-state index contributed by atoms with van der Waals surface area (Å²) < 4.78 is 11.9. The molecular weight excluding hydrogens is 594 g/mol. The van der Waals surface area contributed by atoms with Crippen molar-refractivity contribution in [3.63, 3.8) is 0 Å². The van der Waals surface area contributed by atoms with Gasteiger partial charge in [0.15, 0.2) is 5.82 Å². The van der Waals surface area contributed by atoms with Gasteiger partial charge in [0, 0.05) is 63.5 Å². The van der Waals surface area contributed by atoms with Gasteiger partial charge in [-0.15, -0.1) is 10.2 Å². The fourth-order valence-electron chi connectivity index (χ4n) is 7.00. The summed E-state index contributed by atoms with van der Waals surface area (Å²) in [7, 11) is 0. The van der Waals surface area contributed by atoms with Crippen LogP contribution in [0.1, 0.15) is 18.4 Å². The Bertz CT molecular complexity index is 1670. The number of para-hydroxylation sites is 3. The Morgan fingerprint density at radius 3 is 2.32 bits per heavy atom. The molecule has 2 atom stereocenters. The Hall–Kier alpha value is -5.03. The van der Waals surface area contributed by atoms with Crippen molar-refractivity contribution in [1.29, 1.82) is 0 Å². The standard InChI is InChI=1S/C36H41N7O4/c37-35-32(22-30(38-39-35)29-10-4-6-12-33(29)44)42-23-27-14-15-28(24-42)43(27)31-11-5-7-13-34(31)46-21-20-40-16-18-41(19-17-40)36(45)47-25-26-8-2-1-3-9-26/h1-13,22,27-28,44H,14-21,23-25H2,(H2,37,39). The van der Waals surface area contributed by atoms with E-state index in [-0.39, 0.29) is 11.8 Å². The molecule has 7 rings (SSSR count). The zero-order valence-electron chi connectivity index (χ0n) is 26.4. The van der Waals surface area contributed by atoms with Crippen molar-refractivity contribution in [2.45, 2.75) is 31.5 Å². The molecule has 4 heterocycles. The first-order chi connectivity index (χ1) is 23.0. The van der Waals surface area contributed by atoms with E-state index in [1.54, 1.807) is 17.0 Å². The highest BCUT2D eigenvalue weighted by Gasteiger charge is 2.41. The fourth-order valence-corrected chi connectivity index (χ4v) is 7.00. The van der Waals surface area contributed by atoms with Gasteiger partial charge in [-0.2, -0.15) is 0 Å². The van der Waals surface area contributed by atoms with Crippen LogP contribution in [0.3, 0.4) is 0 Å². The van der Waals surface area contributed by atoms with Crippen molar-refractivity contribution in [3.05, 3.63) is 90.5 Å². The van der Waals surface area contributed by atoms with Gasteiger partial charge >= 0.3 is 6.09 Å². The van der Waals surface area contributed by atoms with E-state index in [2.05, 4.69) is 43.1 Å². The molecule has 47 heavy (non-hydrogen) atoms. The van der Waals surface area contributed by atoms with Crippen LogP contribution in [0.2, 0.25) is 0 Å². The van der Waals surface area contributed by atoms with Gasteiger partial charge in [-0.1, -0.05) is 54.6 Å². The van der Waals surface area contributed by atoms with Crippen molar-refractivity contribution in [3.8, 4) is 22.8 Å². The molecule has 11 nitrogen and oxygen atoms in total. The Morgan fingerprint density at radius 1 is 0.851 bits per heavy atom. The van der Waals surface area contributed by atoms with Gasteiger partial charge in [-0.25, -0.2) is 4.79 Å². The topological polar surface area (TPSA) is 121 Å². The van der Waals surface area contributed by atoms with Crippen LogP contribution in [-0.2, 0) is 11.3 Å². The SMILES string of the molecule is Nc1nnc(-c2ccccc2O)cc1N1CC2CCC(C1)N2c1ccccc1OCCN1CCN(C(=O)OCc2ccccc2)CC1. The number of anilines is 3. The van der Waals surface area contributed by atoms with Gasteiger partial charge in [0.25, 0.3) is 0 Å². The molecule has 2 bridgehead atoms. The second kappa shape index (κ2) is 13.8. The predicted molar refractivity (Wildman–Crippen MR) is 182 cm³/mol. The fraction of sp³-hybridized carbons (Fsp3) is 0.361. The first-order valence-electron chi connectivity index (χ1n) is 16.4. The first-order valence-corrected chi connectivity index (χ1v) is 16.4. The molecule has 0 radical (unpaired) electrons. The monoisotopic (exact) mass is 635 g/mol. The maximum Gasteiger partial charge on any atom is 0.410 e. The van der Waals surface area contributed by atoms with Crippen LogP contribution in [0.15, 0.2) is 84.9 Å². The van der Waals surface area contributed by atoms with E-state index < -0.39 is 0 Å². The average molecular weight is 636 g/mol. The lowest BCUT2D eigenvalue weighted by Crippen LogP contribution is -2.54. The molecule has 3 aliphatic heterocycles. The lowest BCUT2D eigenvalue weighted by atomic mass is 10.1. The number of nitrogens with zero attached hydrogens (tertiary/aromatic N) is 6. The van der Waals surface area contributed by atoms with E-state index in [1.165, 1.54) is 0 Å². The Kier molecular flexibility index (Phi) is 8.96. The molecule has 2 unspecified atom stereocenters. The number of carbonyl (C=O) groups is 1. The molecule has 0 aliphatic carbocycles. The third-order valence-corrected chi connectivity index (χ3v) is 9.45. The number of carbonyl (C=O) groups excluding carboxylic acids is 1. The molecule has 3 saturated heterocycles. The maximum atomic E-state index is 12.6. The van der Waals surface area contributed by atoms with Crippen LogP contribution in [0.5, 0.6) is 11.5 Å². The van der Waals surface area contributed by atoms with Gasteiger partial charge in [0.1, 0.15) is 24.7 Å². The Labute approximate surface area is 275 Å². The molecule has 1 aromatic heterocycles. The number of aromatic hydroxyl groups is 1. The van der Waals surface area contributed by atoms with Crippen molar-refractivity contribution >= 4 is 23.3 Å². The zero-order chi connectivity index (χ0) is 32.2. The van der Waals surface area contributed by atoms with Gasteiger partial charge in [0.05, 0.1) is 17.1 Å². The van der Waals surface area contributed by atoms with E-state index in [9.17, 15) is 9.90 Å². The molecule has 3 fully saturated rings. The van der Waals surface area contributed by atoms with Crippen LogP contribution in [-0.4, -0.2) is 95.7 Å². The summed E-state index contributed by atoms with van der Waals surface area (Å²) in [4.78, 5) is 21.5. The number of benzene rings is 3. The van der Waals surface area contributed by atoms with Crippen LogP contribution in [0, 0.1) is 0 Å². The van der Waals surface area contributed by atoms with E-state index in [4.69, 9.17) is 15.2 Å². The van der Waals surface area contributed by atoms with Crippen LogP contribution < -0.4 is 20.3 Å². The number of nitrogens with two attached hydrogens (primary N) is 1. The van der Waals surface area contributed by atoms with E-state index in [1.807, 2.05) is 54.6 Å². The minimum absolute atomic E-state index is 0.167. The number of phenols is 1. The van der Waals surface area contributed by atoms with Crippen molar-refractivity contribution in [1.82, 2.24) is 20.0 Å². The van der Waals surface area contributed by atoms with E-state index in [0.717, 1.165) is 68.3 Å². The summed E-state index contributed by atoms with van der Waals surface area (Å²) >= 11 is 0. The molecule has 3 N–H and O–H groups in total. The van der Waals surface area contributed by atoms with Crippen molar-refractivity contribution in [2.75, 3.05) is 68.0 Å². The molecule has 3 aliphatic rings. The number of fused-ring (bicyclic) bond motifs is 2. The van der Waals surface area contributed by atoms with E-state index in [0.29, 0.717) is 55.5 Å². The highest BCUT2D eigenvalue weighted by atomic mass is 16.6. The van der Waals surface area contributed by atoms with Crippen LogP contribution >= 0.6 is 0 Å². The van der Waals surface area contributed by atoms with Crippen molar-refractivity contribution in [2.24, 2.45) is 0 Å². The number of aromatic nitrogens is 2. The zero-order valence-corrected chi connectivity index (χ0v) is 26.4. The minimum Gasteiger partial charge on any atom is -0.507 e. The molecule has 4 aromatic rings. The van der Waals surface area contributed by atoms with Gasteiger partial charge < -0.3 is 35.0 Å². The van der Waals surface area contributed by atoms with Gasteiger partial charge in [-0.3, -0.25) is 4.90 Å². The molecular formula is C36H41N7O4. The van der Waals surface area contributed by atoms with Crippen LogP contribution in [0.25, 0.3) is 11.3 Å². The van der Waals surface area contributed by atoms with Crippen molar-refractivity contribution < 1.29 is 19.4 Å².